The number of ether oxygens (including phenoxy) is 1. The van der Waals surface area contributed by atoms with Gasteiger partial charge in [-0.2, -0.15) is 18.3 Å². The van der Waals surface area contributed by atoms with Crippen LogP contribution < -0.4 is 10.6 Å². The van der Waals surface area contributed by atoms with Crippen molar-refractivity contribution in [3.63, 3.8) is 0 Å². The lowest BCUT2D eigenvalue weighted by Gasteiger charge is -2.15. The fourth-order valence-corrected chi connectivity index (χ4v) is 4.06. The van der Waals surface area contributed by atoms with E-state index in [1.165, 1.54) is 59.5 Å². The van der Waals surface area contributed by atoms with Crippen molar-refractivity contribution in [2.24, 2.45) is 0 Å². The molecule has 0 spiro atoms. The molecular formula is C24H20F4N6O4. The van der Waals surface area contributed by atoms with Gasteiger partial charge in [0.05, 0.1) is 11.5 Å². The number of alkyl halides is 3. The lowest BCUT2D eigenvalue weighted by Crippen LogP contribution is -2.30. The number of aromatic nitrogens is 4. The number of carbonyl (C=O) groups excluding carboxylic acids is 1. The molecule has 1 amide bonds. The van der Waals surface area contributed by atoms with Gasteiger partial charge >= 0.3 is 12.1 Å². The number of hydrogen-bond acceptors (Lipinski definition) is 8. The number of anilines is 3. The normalized spacial score (nSPS) is 21.6. The molecule has 1 fully saturated rings. The van der Waals surface area contributed by atoms with E-state index in [1.807, 2.05) is 0 Å². The Morgan fingerprint density at radius 2 is 1.66 bits per heavy atom. The van der Waals surface area contributed by atoms with E-state index in [1.54, 1.807) is 12.2 Å². The first kappa shape index (κ1) is 25.5. The zero-order chi connectivity index (χ0) is 27.2. The van der Waals surface area contributed by atoms with Crippen molar-refractivity contribution in [3.8, 4) is 11.3 Å². The first-order valence-electron chi connectivity index (χ1n) is 11.3. The van der Waals surface area contributed by atoms with Crippen LogP contribution in [-0.2, 0) is 9.53 Å². The molecule has 14 heteroatoms. The zero-order valence-electron chi connectivity index (χ0n) is 19.5. The number of nitrogens with one attached hydrogen (secondary N) is 2. The maximum Gasteiger partial charge on any atom is 0.471 e. The van der Waals surface area contributed by atoms with E-state index in [0.717, 1.165) is 0 Å². The van der Waals surface area contributed by atoms with Crippen LogP contribution >= 0.6 is 0 Å². The minimum atomic E-state index is -5.05. The van der Waals surface area contributed by atoms with Gasteiger partial charge < -0.3 is 25.6 Å². The SMILES string of the molecule is C[C@H]1O[C@@H](n2nc(-c3ccc(NC(=O)C(F)(F)F)cc3)c3c(Nc4ccc(F)cc4)ncnc32)[C@H](O)[C@@H]1O. The van der Waals surface area contributed by atoms with Crippen LogP contribution in [0.4, 0.5) is 34.8 Å². The third kappa shape index (κ3) is 4.76. The molecule has 4 atom stereocenters. The number of hydrogen-bond donors (Lipinski definition) is 4. The number of nitrogens with zero attached hydrogens (tertiary/aromatic N) is 4. The van der Waals surface area contributed by atoms with E-state index in [9.17, 15) is 32.6 Å². The Hall–Kier alpha value is -4.14. The molecule has 198 valence electrons. The molecule has 0 saturated carbocycles. The first-order chi connectivity index (χ1) is 18.0. The minimum Gasteiger partial charge on any atom is -0.388 e. The van der Waals surface area contributed by atoms with Crippen LogP contribution in [0.5, 0.6) is 0 Å². The lowest BCUT2D eigenvalue weighted by molar-refractivity contribution is -0.167. The third-order valence-electron chi connectivity index (χ3n) is 5.99. The Morgan fingerprint density at radius 3 is 2.26 bits per heavy atom. The molecule has 38 heavy (non-hydrogen) atoms. The maximum absolute atomic E-state index is 13.4. The van der Waals surface area contributed by atoms with Crippen LogP contribution in [0.2, 0.25) is 0 Å². The predicted octanol–water partition coefficient (Wildman–Crippen LogP) is 3.52. The van der Waals surface area contributed by atoms with Crippen molar-refractivity contribution < 1.29 is 37.3 Å². The van der Waals surface area contributed by atoms with Crippen molar-refractivity contribution in [2.45, 2.75) is 37.6 Å². The second-order valence-corrected chi connectivity index (χ2v) is 8.59. The largest absolute Gasteiger partial charge is 0.471 e. The van der Waals surface area contributed by atoms with E-state index in [0.29, 0.717) is 16.6 Å². The Balaban J connectivity index is 1.60. The van der Waals surface area contributed by atoms with E-state index in [-0.39, 0.29) is 22.8 Å². The number of benzene rings is 2. The molecule has 1 saturated heterocycles. The minimum absolute atomic E-state index is 0.0905. The summed E-state index contributed by atoms with van der Waals surface area (Å²) in [4.78, 5) is 19.9. The van der Waals surface area contributed by atoms with Crippen molar-refractivity contribution >= 4 is 34.1 Å². The average molecular weight is 532 g/mol. The molecule has 0 aliphatic carbocycles. The van der Waals surface area contributed by atoms with Crippen LogP contribution in [0.25, 0.3) is 22.3 Å². The summed E-state index contributed by atoms with van der Waals surface area (Å²) in [5.41, 5.74) is 1.31. The monoisotopic (exact) mass is 532 g/mol. The smallest absolute Gasteiger partial charge is 0.388 e. The number of halogens is 4. The number of aliphatic hydroxyl groups is 2. The highest BCUT2D eigenvalue weighted by Gasteiger charge is 2.43. The average Bonchev–Trinajstić information content (AvgIpc) is 3.39. The Labute approximate surface area is 211 Å². The second-order valence-electron chi connectivity index (χ2n) is 8.59. The molecule has 0 unspecified atom stereocenters. The standard InChI is InChI=1S/C24H20F4N6O4/c1-11-18(35)19(36)22(38-11)34-21-16(20(29-10-30-21)31-14-8-4-13(25)5-9-14)17(33-34)12-2-6-15(7-3-12)32-23(37)24(26,27)28/h2-11,18-19,22,35-36H,1H3,(H,32,37)(H,29,30,31)/t11-,18-,19-,22-/m1/s1. The maximum atomic E-state index is 13.4. The number of fused-ring (bicyclic) bond motifs is 1. The van der Waals surface area contributed by atoms with E-state index >= 15 is 0 Å². The van der Waals surface area contributed by atoms with Crippen LogP contribution in [0.1, 0.15) is 13.2 Å². The third-order valence-corrected chi connectivity index (χ3v) is 5.99. The van der Waals surface area contributed by atoms with Gasteiger partial charge in [0.1, 0.15) is 35.9 Å². The highest BCUT2D eigenvalue weighted by Crippen LogP contribution is 2.38. The molecule has 1 aliphatic rings. The van der Waals surface area contributed by atoms with Gasteiger partial charge in [-0.1, -0.05) is 12.1 Å². The van der Waals surface area contributed by atoms with Crippen LogP contribution in [-0.4, -0.2) is 60.4 Å². The summed E-state index contributed by atoms with van der Waals surface area (Å²) < 4.78 is 58.3. The van der Waals surface area contributed by atoms with Crippen molar-refractivity contribution in [1.82, 2.24) is 19.7 Å². The van der Waals surface area contributed by atoms with Crippen molar-refractivity contribution in [1.29, 1.82) is 0 Å². The fourth-order valence-electron chi connectivity index (χ4n) is 4.06. The number of amides is 1. The number of rotatable bonds is 5. The molecule has 1 aliphatic heterocycles. The lowest BCUT2D eigenvalue weighted by atomic mass is 10.1. The van der Waals surface area contributed by atoms with Gasteiger partial charge in [0.2, 0.25) is 0 Å². The molecule has 3 heterocycles. The van der Waals surface area contributed by atoms with Crippen molar-refractivity contribution in [3.05, 3.63) is 60.7 Å². The second kappa shape index (κ2) is 9.63. The quantitative estimate of drug-likeness (QED) is 0.287. The molecule has 4 N–H and O–H groups in total. The summed E-state index contributed by atoms with van der Waals surface area (Å²) in [6.45, 7) is 1.59. The van der Waals surface area contributed by atoms with E-state index in [4.69, 9.17) is 4.74 Å². The topological polar surface area (TPSA) is 134 Å². The van der Waals surface area contributed by atoms with Gasteiger partial charge in [-0.05, 0) is 43.3 Å². The Morgan fingerprint density at radius 1 is 1.00 bits per heavy atom. The number of carbonyl (C=O) groups is 1. The van der Waals surface area contributed by atoms with Crippen LogP contribution in [0.3, 0.4) is 0 Å². The molecule has 0 bridgehead atoms. The summed E-state index contributed by atoms with van der Waals surface area (Å²) in [7, 11) is 0. The molecule has 5 rings (SSSR count). The van der Waals surface area contributed by atoms with Crippen LogP contribution in [0, 0.1) is 5.82 Å². The summed E-state index contributed by atoms with van der Waals surface area (Å²) in [6, 6.07) is 10.9. The van der Waals surface area contributed by atoms with Crippen molar-refractivity contribution in [2.75, 3.05) is 10.6 Å². The highest BCUT2D eigenvalue weighted by atomic mass is 19.4. The molecule has 4 aromatic rings. The van der Waals surface area contributed by atoms with Gasteiger partial charge in [-0.25, -0.2) is 19.0 Å². The van der Waals surface area contributed by atoms with Gasteiger partial charge in [-0.15, -0.1) is 0 Å². The van der Waals surface area contributed by atoms with Crippen LogP contribution in [0.15, 0.2) is 54.9 Å². The predicted molar refractivity (Wildman–Crippen MR) is 127 cm³/mol. The van der Waals surface area contributed by atoms with Gasteiger partial charge in [0.25, 0.3) is 0 Å². The Kier molecular flexibility index (Phi) is 6.46. The first-order valence-corrected chi connectivity index (χ1v) is 11.3. The summed E-state index contributed by atoms with van der Waals surface area (Å²) in [5.74, 6) is -2.28. The summed E-state index contributed by atoms with van der Waals surface area (Å²) in [5, 5.41) is 30.5. The van der Waals surface area contributed by atoms with E-state index in [2.05, 4.69) is 20.4 Å². The zero-order valence-corrected chi connectivity index (χ0v) is 19.5. The highest BCUT2D eigenvalue weighted by molar-refractivity contribution is 6.00. The molecule has 0 radical (unpaired) electrons. The molecule has 2 aromatic carbocycles. The van der Waals surface area contributed by atoms with Gasteiger partial charge in [-0.3, -0.25) is 4.79 Å². The molecule has 2 aromatic heterocycles. The molecule has 10 nitrogen and oxygen atoms in total. The number of aliphatic hydroxyl groups excluding tert-OH is 2. The van der Waals surface area contributed by atoms with Gasteiger partial charge in [0.15, 0.2) is 11.9 Å². The summed E-state index contributed by atoms with van der Waals surface area (Å²) >= 11 is 0. The Bertz CT molecular complexity index is 1480. The fraction of sp³-hybridized carbons (Fsp3) is 0.250. The van der Waals surface area contributed by atoms with Gasteiger partial charge in [0, 0.05) is 16.9 Å². The van der Waals surface area contributed by atoms with E-state index < -0.39 is 42.4 Å². The molecular weight excluding hydrogens is 512 g/mol. The summed E-state index contributed by atoms with van der Waals surface area (Å²) in [6.07, 6.45) is -8.12.